The van der Waals surface area contributed by atoms with Crippen LogP contribution in [0.3, 0.4) is 0 Å². The molecule has 0 bridgehead atoms. The summed E-state index contributed by atoms with van der Waals surface area (Å²) in [6.07, 6.45) is 5.43. The Morgan fingerprint density at radius 3 is 2.14 bits per heavy atom. The fourth-order valence-electron chi connectivity index (χ4n) is 2.50. The second kappa shape index (κ2) is 11.2. The van der Waals surface area contributed by atoms with Crippen LogP contribution in [0, 0.1) is 10.1 Å². The summed E-state index contributed by atoms with van der Waals surface area (Å²) >= 11 is 0.977. The number of nitro benzene ring substituents is 1. The molecular formula is C21H23NO5S. The van der Waals surface area contributed by atoms with E-state index in [1.54, 1.807) is 24.3 Å². The van der Waals surface area contributed by atoms with Crippen LogP contribution in [0.5, 0.6) is 0 Å². The van der Waals surface area contributed by atoms with E-state index >= 15 is 0 Å². The van der Waals surface area contributed by atoms with E-state index in [0.717, 1.165) is 31.0 Å². The third-order valence-corrected chi connectivity index (χ3v) is 5.02. The van der Waals surface area contributed by atoms with Gasteiger partial charge in [0.05, 0.1) is 17.1 Å². The second-order valence-corrected chi connectivity index (χ2v) is 7.31. The molecule has 0 aliphatic heterocycles. The first-order valence-corrected chi connectivity index (χ1v) is 10.1. The van der Waals surface area contributed by atoms with Crippen molar-refractivity contribution < 1.29 is 19.2 Å². The molecule has 6 nitrogen and oxygen atoms in total. The van der Waals surface area contributed by atoms with E-state index in [2.05, 4.69) is 6.92 Å². The lowest BCUT2D eigenvalue weighted by Gasteiger charge is -2.06. The van der Waals surface area contributed by atoms with E-state index in [9.17, 15) is 19.7 Å². The van der Waals surface area contributed by atoms with Gasteiger partial charge in [-0.15, -0.1) is 0 Å². The molecule has 0 aliphatic carbocycles. The summed E-state index contributed by atoms with van der Waals surface area (Å²) in [6, 6.07) is 12.1. The molecule has 0 saturated carbocycles. The smallest absolute Gasteiger partial charge is 0.338 e. The Morgan fingerprint density at radius 1 is 0.929 bits per heavy atom. The fraction of sp³-hybridized carbons (Fsp3) is 0.333. The van der Waals surface area contributed by atoms with Gasteiger partial charge >= 0.3 is 5.97 Å². The average molecular weight is 401 g/mol. The van der Waals surface area contributed by atoms with E-state index in [-0.39, 0.29) is 10.8 Å². The minimum absolute atomic E-state index is 0.0231. The van der Waals surface area contributed by atoms with Crippen LogP contribution in [-0.2, 0) is 4.74 Å². The van der Waals surface area contributed by atoms with Crippen molar-refractivity contribution in [2.45, 2.75) is 43.9 Å². The van der Waals surface area contributed by atoms with Gasteiger partial charge in [-0.25, -0.2) is 4.79 Å². The highest BCUT2D eigenvalue weighted by Crippen LogP contribution is 2.25. The van der Waals surface area contributed by atoms with Gasteiger partial charge < -0.3 is 4.74 Å². The molecule has 2 aromatic rings. The molecule has 0 amide bonds. The summed E-state index contributed by atoms with van der Waals surface area (Å²) in [6.45, 7) is 2.55. The molecule has 0 saturated heterocycles. The zero-order valence-corrected chi connectivity index (χ0v) is 16.6. The zero-order valence-electron chi connectivity index (χ0n) is 15.8. The molecule has 0 radical (unpaired) electrons. The number of thioether (sulfide) groups is 1. The number of benzene rings is 2. The normalized spacial score (nSPS) is 10.5. The predicted octanol–water partition coefficient (Wildman–Crippen LogP) is 5.65. The Kier molecular flexibility index (Phi) is 8.68. The number of hydrogen-bond donors (Lipinski definition) is 0. The maximum atomic E-state index is 12.3. The molecule has 0 fully saturated rings. The third kappa shape index (κ3) is 6.81. The third-order valence-electron chi connectivity index (χ3n) is 4.10. The summed E-state index contributed by atoms with van der Waals surface area (Å²) in [5.74, 6) is -0.391. The van der Waals surface area contributed by atoms with E-state index in [1.807, 2.05) is 0 Å². The molecule has 0 aromatic heterocycles. The Balaban J connectivity index is 1.84. The molecule has 0 N–H and O–H groups in total. The van der Waals surface area contributed by atoms with Gasteiger partial charge in [0.1, 0.15) is 0 Å². The van der Waals surface area contributed by atoms with Crippen LogP contribution in [0.1, 0.15) is 59.7 Å². The number of carbonyl (C=O) groups excluding carboxylic acids is 2. The SMILES string of the molecule is CCCCCCCOC(=O)c1ccc(C(=O)Sc2ccc([N+](=O)[O-])cc2)cc1. The van der Waals surface area contributed by atoms with Crippen molar-refractivity contribution >= 4 is 28.5 Å². The minimum Gasteiger partial charge on any atom is -0.462 e. The summed E-state index contributed by atoms with van der Waals surface area (Å²) in [5, 5.41) is 10.5. The Bertz CT molecular complexity index is 803. The highest BCUT2D eigenvalue weighted by Gasteiger charge is 2.12. The van der Waals surface area contributed by atoms with Crippen LogP contribution in [0.4, 0.5) is 5.69 Å². The first-order chi connectivity index (χ1) is 13.5. The molecule has 148 valence electrons. The van der Waals surface area contributed by atoms with Gasteiger partial charge in [-0.05, 0) is 54.6 Å². The van der Waals surface area contributed by atoms with Crippen LogP contribution in [0.25, 0.3) is 0 Å². The van der Waals surface area contributed by atoms with Crippen LogP contribution < -0.4 is 0 Å². The number of hydrogen-bond acceptors (Lipinski definition) is 6. The van der Waals surface area contributed by atoms with Crippen LogP contribution in [0.2, 0.25) is 0 Å². The molecule has 28 heavy (non-hydrogen) atoms. The Labute approximate surface area is 168 Å². The number of rotatable bonds is 10. The van der Waals surface area contributed by atoms with Gasteiger partial charge in [0.15, 0.2) is 0 Å². The van der Waals surface area contributed by atoms with Gasteiger partial charge in [0, 0.05) is 22.6 Å². The largest absolute Gasteiger partial charge is 0.462 e. The van der Waals surface area contributed by atoms with Crippen molar-refractivity contribution in [2.24, 2.45) is 0 Å². The monoisotopic (exact) mass is 401 g/mol. The predicted molar refractivity (Wildman–Crippen MR) is 109 cm³/mol. The summed E-state index contributed by atoms with van der Waals surface area (Å²) in [7, 11) is 0. The van der Waals surface area contributed by atoms with Crippen molar-refractivity contribution in [3.8, 4) is 0 Å². The van der Waals surface area contributed by atoms with Crippen LogP contribution in [-0.4, -0.2) is 22.6 Å². The highest BCUT2D eigenvalue weighted by atomic mass is 32.2. The number of esters is 1. The standard InChI is InChI=1S/C21H23NO5S/c1-2-3-4-5-6-15-27-20(23)16-7-9-17(10-8-16)21(24)28-19-13-11-18(12-14-19)22(25)26/h7-14H,2-6,15H2,1H3. The van der Waals surface area contributed by atoms with E-state index in [1.165, 1.54) is 37.1 Å². The number of non-ortho nitro benzene ring substituents is 1. The molecule has 0 aliphatic rings. The zero-order chi connectivity index (χ0) is 20.4. The molecular weight excluding hydrogens is 378 g/mol. The Morgan fingerprint density at radius 2 is 1.54 bits per heavy atom. The van der Waals surface area contributed by atoms with Gasteiger partial charge in [-0.2, -0.15) is 0 Å². The molecule has 7 heteroatoms. The second-order valence-electron chi connectivity index (χ2n) is 6.27. The fourth-order valence-corrected chi connectivity index (χ4v) is 3.24. The van der Waals surface area contributed by atoms with Crippen LogP contribution >= 0.6 is 11.8 Å². The van der Waals surface area contributed by atoms with Gasteiger partial charge in [0.2, 0.25) is 5.12 Å². The van der Waals surface area contributed by atoms with E-state index in [0.29, 0.717) is 22.6 Å². The van der Waals surface area contributed by atoms with Gasteiger partial charge in [0.25, 0.3) is 5.69 Å². The molecule has 2 rings (SSSR count). The number of nitrogens with zero attached hydrogens (tertiary/aromatic N) is 1. The maximum Gasteiger partial charge on any atom is 0.338 e. The lowest BCUT2D eigenvalue weighted by molar-refractivity contribution is -0.384. The van der Waals surface area contributed by atoms with Gasteiger partial charge in [-0.3, -0.25) is 14.9 Å². The minimum atomic E-state index is -0.487. The topological polar surface area (TPSA) is 86.5 Å². The first kappa shape index (κ1) is 21.6. The lowest BCUT2D eigenvalue weighted by Crippen LogP contribution is -2.07. The highest BCUT2D eigenvalue weighted by molar-refractivity contribution is 8.14. The quantitative estimate of drug-likeness (QED) is 0.168. The molecule has 2 aromatic carbocycles. The van der Waals surface area contributed by atoms with Crippen molar-refractivity contribution in [2.75, 3.05) is 6.61 Å². The number of unbranched alkanes of at least 4 members (excludes halogenated alkanes) is 4. The lowest BCUT2D eigenvalue weighted by atomic mass is 10.1. The summed E-state index contributed by atoms with van der Waals surface area (Å²) < 4.78 is 5.25. The van der Waals surface area contributed by atoms with Crippen LogP contribution in [0.15, 0.2) is 53.4 Å². The van der Waals surface area contributed by atoms with E-state index < -0.39 is 10.9 Å². The first-order valence-electron chi connectivity index (χ1n) is 9.25. The van der Waals surface area contributed by atoms with Crippen molar-refractivity contribution in [3.05, 3.63) is 69.8 Å². The summed E-state index contributed by atoms with van der Waals surface area (Å²) in [5.41, 5.74) is 0.829. The number of nitro groups is 1. The average Bonchev–Trinajstić information content (AvgIpc) is 2.71. The van der Waals surface area contributed by atoms with E-state index in [4.69, 9.17) is 4.74 Å². The Hall–Kier alpha value is -2.67. The van der Waals surface area contributed by atoms with Crippen molar-refractivity contribution in [1.29, 1.82) is 0 Å². The van der Waals surface area contributed by atoms with Crippen molar-refractivity contribution in [1.82, 2.24) is 0 Å². The summed E-state index contributed by atoms with van der Waals surface area (Å²) in [4.78, 5) is 35.1. The maximum absolute atomic E-state index is 12.3. The molecule has 0 unspecified atom stereocenters. The number of ether oxygens (including phenoxy) is 1. The molecule has 0 spiro atoms. The van der Waals surface area contributed by atoms with Gasteiger partial charge in [-0.1, -0.05) is 32.6 Å². The molecule has 0 atom stereocenters. The van der Waals surface area contributed by atoms with Crippen molar-refractivity contribution in [3.63, 3.8) is 0 Å². The number of carbonyl (C=O) groups is 2. The molecule has 0 heterocycles.